The van der Waals surface area contributed by atoms with Gasteiger partial charge in [-0.2, -0.15) is 0 Å². The number of nitrogens with zero attached hydrogens (tertiary/aromatic N) is 2. The Labute approximate surface area is 458 Å². The van der Waals surface area contributed by atoms with Gasteiger partial charge >= 0.3 is 0 Å². The van der Waals surface area contributed by atoms with Crippen LogP contribution in [0.4, 0.5) is 0 Å². The highest BCUT2D eigenvalue weighted by Crippen LogP contribution is 2.25. The first-order valence-corrected chi connectivity index (χ1v) is 29.7. The van der Waals surface area contributed by atoms with Crippen molar-refractivity contribution < 1.29 is 38.9 Å². The maximum Gasteiger partial charge on any atom is 0.193 e. The standard InChI is InChI=1S/2C15H22NO2P.2C11H15O2P.4C2H6/c1-15(2,16-7-9-18-10-8-16)14(17)13-5-3-12(11-19)4-6-13;1-15(2,16-6-8-18-9-7-16)14(17)13-5-3-4-12(10-13)11-19;1-11(2,13)10(12)9-5-3-8(7-14)4-6-9;1-11(2,13)10(12)9-5-3-4-8(6-9)7-14;4*1-2/h3-6H,7-11,19H2,1-2H3;3-5,10H,6-9,11,19H2,1-2H3;2*3-6,13H,7,14H2,1-2H3;4*1-2H3. The van der Waals surface area contributed by atoms with E-state index in [4.69, 9.17) is 9.47 Å². The van der Waals surface area contributed by atoms with Crippen molar-refractivity contribution in [3.8, 4) is 0 Å². The highest BCUT2D eigenvalue weighted by Gasteiger charge is 2.37. The molecule has 0 amide bonds. The minimum absolute atomic E-state index is 0.185. The third-order valence-corrected chi connectivity index (χ3v) is 13.5. The molecule has 2 saturated heterocycles. The molecule has 2 aliphatic rings. The Balaban J connectivity index is 0. The van der Waals surface area contributed by atoms with Crippen molar-refractivity contribution >= 4 is 60.1 Å². The number of aliphatic hydroxyl groups is 2. The number of ketones is 4. The molecule has 2 aliphatic heterocycles. The van der Waals surface area contributed by atoms with Crippen molar-refractivity contribution in [1.82, 2.24) is 9.80 Å². The molecule has 4 aromatic rings. The molecule has 4 aromatic carbocycles. The molecule has 10 nitrogen and oxygen atoms in total. The van der Waals surface area contributed by atoms with Crippen LogP contribution in [-0.4, -0.2) is 118 Å². The van der Waals surface area contributed by atoms with Gasteiger partial charge in [-0.1, -0.05) is 140 Å². The third kappa shape index (κ3) is 25.0. The van der Waals surface area contributed by atoms with Gasteiger partial charge in [0.25, 0.3) is 0 Å². The molecule has 0 spiro atoms. The Hall–Kier alpha value is -2.96. The summed E-state index contributed by atoms with van der Waals surface area (Å²) in [5.74, 6) is -0.106. The molecule has 74 heavy (non-hydrogen) atoms. The molecule has 416 valence electrons. The van der Waals surface area contributed by atoms with E-state index in [2.05, 4.69) is 46.8 Å². The van der Waals surface area contributed by atoms with Gasteiger partial charge in [0, 0.05) is 48.4 Å². The van der Waals surface area contributed by atoms with Crippen LogP contribution in [0, 0.1) is 0 Å². The van der Waals surface area contributed by atoms with Crippen LogP contribution in [0.5, 0.6) is 0 Å². The van der Waals surface area contributed by atoms with Crippen molar-refractivity contribution in [2.75, 3.05) is 52.6 Å². The molecule has 0 radical (unpaired) electrons. The SMILES string of the molecule is CC.CC.CC.CC.CC(C)(C(=O)c1ccc(CP)cc1)N1CCOCC1.CC(C)(C(=O)c1cccc(CP)c1)N1CCOCC1.CC(C)(O)C(=O)c1ccc(CP)cc1.CC(C)(O)C(=O)c1cccc(CP)c1. The molecule has 0 saturated carbocycles. The molecule has 0 bridgehead atoms. The normalized spacial score (nSPS) is 13.6. The van der Waals surface area contributed by atoms with E-state index in [1.54, 1.807) is 18.2 Å². The quantitative estimate of drug-likeness (QED) is 0.0928. The van der Waals surface area contributed by atoms with E-state index in [9.17, 15) is 29.4 Å². The van der Waals surface area contributed by atoms with Gasteiger partial charge < -0.3 is 19.7 Å². The van der Waals surface area contributed by atoms with Gasteiger partial charge in [0.2, 0.25) is 0 Å². The molecule has 14 heteroatoms. The first kappa shape index (κ1) is 73.1. The van der Waals surface area contributed by atoms with E-state index in [0.717, 1.165) is 73.1 Å². The van der Waals surface area contributed by atoms with E-state index in [1.165, 1.54) is 38.8 Å². The molecule has 4 atom stereocenters. The number of hydrogen-bond acceptors (Lipinski definition) is 10. The molecule has 2 N–H and O–H groups in total. The van der Waals surface area contributed by atoms with Crippen molar-refractivity contribution in [2.45, 2.75) is 158 Å². The maximum atomic E-state index is 12.7. The zero-order valence-corrected chi connectivity index (χ0v) is 52.9. The van der Waals surface area contributed by atoms with Gasteiger partial charge in [0.1, 0.15) is 11.2 Å². The van der Waals surface area contributed by atoms with Crippen LogP contribution in [0.25, 0.3) is 0 Å². The van der Waals surface area contributed by atoms with Crippen molar-refractivity contribution in [3.05, 3.63) is 142 Å². The summed E-state index contributed by atoms with van der Waals surface area (Å²) >= 11 is 0. The van der Waals surface area contributed by atoms with Crippen LogP contribution >= 0.6 is 37.0 Å². The number of hydrogen-bond donors (Lipinski definition) is 2. The number of morpholine rings is 2. The molecule has 2 heterocycles. The average Bonchev–Trinajstić information content (AvgIpc) is 3.44. The summed E-state index contributed by atoms with van der Waals surface area (Å²) in [4.78, 5) is 53.1. The molecule has 0 aliphatic carbocycles. The largest absolute Gasteiger partial charge is 0.382 e. The Morgan fingerprint density at radius 1 is 0.405 bits per heavy atom. The number of Topliss-reactive ketones (excluding diaryl/α,β-unsaturated/α-hetero) is 4. The molecule has 6 rings (SSSR count). The van der Waals surface area contributed by atoms with E-state index in [0.29, 0.717) is 37.6 Å². The summed E-state index contributed by atoms with van der Waals surface area (Å²) in [6.45, 7) is 36.2. The van der Waals surface area contributed by atoms with Crippen LogP contribution in [-0.2, 0) is 34.1 Å². The summed E-state index contributed by atoms with van der Waals surface area (Å²) in [7, 11) is 10.6. The van der Waals surface area contributed by atoms with Crippen molar-refractivity contribution in [3.63, 3.8) is 0 Å². The van der Waals surface area contributed by atoms with Gasteiger partial charge in [0.05, 0.1) is 37.5 Å². The molecular weight excluding hydrogens is 1000 g/mol. The average molecular weight is 1100 g/mol. The van der Waals surface area contributed by atoms with E-state index in [-0.39, 0.29) is 23.1 Å². The Morgan fingerprint density at radius 3 is 0.946 bits per heavy atom. The molecule has 2 fully saturated rings. The Bertz CT molecular complexity index is 2170. The van der Waals surface area contributed by atoms with Gasteiger partial charge in [-0.3, -0.25) is 29.0 Å². The smallest absolute Gasteiger partial charge is 0.193 e. The topological polar surface area (TPSA) is 134 Å². The first-order valence-electron chi connectivity index (χ1n) is 26.5. The number of rotatable bonds is 14. The second-order valence-corrected chi connectivity index (χ2v) is 20.0. The lowest BCUT2D eigenvalue weighted by atomic mass is 9.90. The lowest BCUT2D eigenvalue weighted by Gasteiger charge is -2.39. The van der Waals surface area contributed by atoms with Crippen LogP contribution < -0.4 is 0 Å². The summed E-state index contributed by atoms with van der Waals surface area (Å²) in [5, 5.41) is 19.1. The summed E-state index contributed by atoms with van der Waals surface area (Å²) in [5.41, 5.74) is 3.83. The van der Waals surface area contributed by atoms with Crippen LogP contribution in [0.2, 0.25) is 0 Å². The lowest BCUT2D eigenvalue weighted by molar-refractivity contribution is -0.00443. The van der Waals surface area contributed by atoms with Gasteiger partial charge in [-0.05, 0) is 114 Å². The zero-order chi connectivity index (χ0) is 57.3. The summed E-state index contributed by atoms with van der Waals surface area (Å²) < 4.78 is 10.7. The molecular formula is C60H98N2O8P4. The minimum Gasteiger partial charge on any atom is -0.382 e. The fourth-order valence-electron chi connectivity index (χ4n) is 7.21. The fourth-order valence-corrected chi connectivity index (χ4v) is 8.26. The monoisotopic (exact) mass is 1100 g/mol. The van der Waals surface area contributed by atoms with Crippen LogP contribution in [0.1, 0.15) is 174 Å². The fraction of sp³-hybridized carbons (Fsp3) is 0.533. The second-order valence-electron chi connectivity index (χ2n) is 18.4. The zero-order valence-electron chi connectivity index (χ0n) is 48.3. The summed E-state index contributed by atoms with van der Waals surface area (Å²) in [6, 6.07) is 30.4. The maximum absolute atomic E-state index is 12.7. The summed E-state index contributed by atoms with van der Waals surface area (Å²) in [6.07, 6.45) is 3.48. The second kappa shape index (κ2) is 38.6. The highest BCUT2D eigenvalue weighted by atomic mass is 31.0. The third-order valence-electron chi connectivity index (χ3n) is 11.6. The molecule has 0 aromatic heterocycles. The molecule has 4 unspecified atom stereocenters. The Kier molecular flexibility index (Phi) is 38.1. The number of ether oxygens (including phenoxy) is 2. The van der Waals surface area contributed by atoms with Crippen molar-refractivity contribution in [2.24, 2.45) is 0 Å². The van der Waals surface area contributed by atoms with Crippen LogP contribution in [0.3, 0.4) is 0 Å². The Morgan fingerprint density at radius 2 is 0.662 bits per heavy atom. The van der Waals surface area contributed by atoms with Gasteiger partial charge in [-0.15, -0.1) is 37.0 Å². The lowest BCUT2D eigenvalue weighted by Crippen LogP contribution is -2.54. The van der Waals surface area contributed by atoms with Gasteiger partial charge in [-0.25, -0.2) is 0 Å². The van der Waals surface area contributed by atoms with E-state index >= 15 is 0 Å². The predicted octanol–water partition coefficient (Wildman–Crippen LogP) is 12.8. The minimum atomic E-state index is -1.29. The number of carbonyl (C=O) groups excluding carboxylic acids is 4. The predicted molar refractivity (Wildman–Crippen MR) is 328 cm³/mol. The van der Waals surface area contributed by atoms with Crippen molar-refractivity contribution in [1.29, 1.82) is 0 Å². The van der Waals surface area contributed by atoms with Gasteiger partial charge in [0.15, 0.2) is 23.1 Å². The van der Waals surface area contributed by atoms with Crippen LogP contribution in [0.15, 0.2) is 97.1 Å². The highest BCUT2D eigenvalue weighted by molar-refractivity contribution is 7.16. The number of carbonyl (C=O) groups is 4. The first-order chi connectivity index (χ1) is 35.0. The van der Waals surface area contributed by atoms with E-state index in [1.807, 2.05) is 162 Å². The number of benzene rings is 4. The van der Waals surface area contributed by atoms with E-state index < -0.39 is 22.3 Å².